The zero-order valence-electron chi connectivity index (χ0n) is 16.3. The maximum atomic E-state index is 12.2. The molecule has 156 valence electrons. The van der Waals surface area contributed by atoms with Crippen LogP contribution in [0.15, 0.2) is 45.7 Å². The number of carbonyl (C=O) groups excluding carboxylic acids is 1. The molecule has 0 radical (unpaired) electrons. The fourth-order valence-electron chi connectivity index (χ4n) is 3.45. The van der Waals surface area contributed by atoms with Gasteiger partial charge in [-0.05, 0) is 71.8 Å². The van der Waals surface area contributed by atoms with Gasteiger partial charge in [0.15, 0.2) is 4.34 Å². The van der Waals surface area contributed by atoms with Crippen LogP contribution in [0.3, 0.4) is 0 Å². The van der Waals surface area contributed by atoms with E-state index in [1.165, 1.54) is 31.0 Å². The van der Waals surface area contributed by atoms with Crippen LogP contribution in [0, 0.1) is 3.57 Å². The Kier molecular flexibility index (Phi) is 7.27. The summed E-state index contributed by atoms with van der Waals surface area (Å²) in [5.41, 5.74) is 2.40. The smallest absolute Gasteiger partial charge is 0.230 e. The Hall–Kier alpha value is -1.65. The molecule has 1 fully saturated rings. The van der Waals surface area contributed by atoms with E-state index in [2.05, 4.69) is 37.9 Å². The van der Waals surface area contributed by atoms with Crippen molar-refractivity contribution >= 4 is 73.7 Å². The summed E-state index contributed by atoms with van der Waals surface area (Å²) in [7, 11) is 0. The first-order valence-electron chi connectivity index (χ1n) is 9.92. The second-order valence-corrected chi connectivity index (χ2v) is 10.8. The number of nitrogens with zero attached hydrogens (tertiary/aromatic N) is 2. The quantitative estimate of drug-likeness (QED) is 0.227. The first-order valence-corrected chi connectivity index (χ1v) is 12.8. The number of amides is 1. The molecule has 5 nitrogen and oxygen atoms in total. The summed E-state index contributed by atoms with van der Waals surface area (Å²) in [6, 6.07) is 11.6. The minimum atomic E-state index is 0.0914. The number of carbonyl (C=O) groups is 1. The number of aromatic hydroxyl groups is 1. The van der Waals surface area contributed by atoms with Crippen molar-refractivity contribution in [3.63, 3.8) is 0 Å². The van der Waals surface area contributed by atoms with Crippen molar-refractivity contribution in [2.75, 3.05) is 5.75 Å². The molecule has 0 bridgehead atoms. The molecule has 0 saturated heterocycles. The maximum absolute atomic E-state index is 12.2. The number of thioether (sulfide) groups is 1. The van der Waals surface area contributed by atoms with Crippen LogP contribution in [0.5, 0.6) is 5.75 Å². The topological polar surface area (TPSA) is 74.6 Å². The van der Waals surface area contributed by atoms with Gasteiger partial charge in [0.2, 0.25) is 5.91 Å². The molecule has 1 heterocycles. The van der Waals surface area contributed by atoms with Gasteiger partial charge in [0.25, 0.3) is 0 Å². The van der Waals surface area contributed by atoms with Crippen molar-refractivity contribution in [1.29, 1.82) is 0 Å². The predicted molar refractivity (Wildman–Crippen MR) is 133 cm³/mol. The Morgan fingerprint density at radius 3 is 2.93 bits per heavy atom. The van der Waals surface area contributed by atoms with Crippen molar-refractivity contribution in [2.24, 2.45) is 4.99 Å². The Morgan fingerprint density at radius 2 is 2.10 bits per heavy atom. The second-order valence-electron chi connectivity index (χ2n) is 7.28. The molecule has 1 aromatic heterocycles. The zero-order valence-corrected chi connectivity index (χ0v) is 20.1. The third kappa shape index (κ3) is 5.73. The van der Waals surface area contributed by atoms with E-state index < -0.39 is 0 Å². The van der Waals surface area contributed by atoms with Gasteiger partial charge in [-0.2, -0.15) is 0 Å². The number of thiazole rings is 1. The van der Waals surface area contributed by atoms with Crippen molar-refractivity contribution in [3.05, 3.63) is 45.5 Å². The summed E-state index contributed by atoms with van der Waals surface area (Å²) < 4.78 is 2.96. The number of fused-ring (bicyclic) bond motifs is 1. The van der Waals surface area contributed by atoms with Crippen molar-refractivity contribution in [3.8, 4) is 5.75 Å². The average Bonchev–Trinajstić information content (AvgIpc) is 3.16. The normalized spacial score (nSPS) is 15.1. The van der Waals surface area contributed by atoms with Crippen molar-refractivity contribution in [1.82, 2.24) is 10.3 Å². The molecular weight excluding hydrogens is 529 g/mol. The van der Waals surface area contributed by atoms with Gasteiger partial charge in [-0.1, -0.05) is 31.0 Å². The summed E-state index contributed by atoms with van der Waals surface area (Å²) in [6.07, 6.45) is 7.57. The number of phenolic OH excluding ortho intramolecular Hbond substituents is 1. The second kappa shape index (κ2) is 10.1. The Bertz CT molecular complexity index is 1080. The monoisotopic (exact) mass is 551 g/mol. The van der Waals surface area contributed by atoms with Gasteiger partial charge in [-0.25, -0.2) is 4.98 Å². The zero-order chi connectivity index (χ0) is 20.9. The number of hydrogen-bond donors (Lipinski definition) is 2. The fourth-order valence-corrected chi connectivity index (χ4v) is 5.88. The minimum Gasteiger partial charge on any atom is -0.507 e. The highest BCUT2D eigenvalue weighted by Gasteiger charge is 2.16. The minimum absolute atomic E-state index is 0.0914. The van der Waals surface area contributed by atoms with E-state index in [9.17, 15) is 9.90 Å². The Morgan fingerprint density at radius 1 is 1.27 bits per heavy atom. The summed E-state index contributed by atoms with van der Waals surface area (Å²) in [6.45, 7) is 0. The number of phenols is 1. The summed E-state index contributed by atoms with van der Waals surface area (Å²) >= 11 is 5.27. The van der Waals surface area contributed by atoms with E-state index in [0.717, 1.165) is 36.7 Å². The number of rotatable bonds is 6. The standard InChI is InChI=1S/C22H22IN3O2S2/c23-15-6-9-19(27)14(10-15)12-24-17-7-8-18-20(11-17)30-22(26-18)29-13-21(28)25-16-4-2-1-3-5-16/h6-12,16,27H,1-5,13H2,(H,25,28). The molecule has 2 aromatic carbocycles. The molecular formula is C22H22IN3O2S2. The first-order chi connectivity index (χ1) is 14.6. The number of nitrogens with one attached hydrogen (secondary N) is 1. The molecule has 0 unspecified atom stereocenters. The van der Waals surface area contributed by atoms with E-state index >= 15 is 0 Å². The largest absolute Gasteiger partial charge is 0.507 e. The van der Waals surface area contributed by atoms with Gasteiger partial charge < -0.3 is 10.4 Å². The number of aliphatic imine (C=N–C) groups is 1. The summed E-state index contributed by atoms with van der Waals surface area (Å²) in [5.74, 6) is 0.699. The van der Waals surface area contributed by atoms with Crippen LogP contribution in [0.1, 0.15) is 37.7 Å². The molecule has 4 rings (SSSR count). The molecule has 30 heavy (non-hydrogen) atoms. The van der Waals surface area contributed by atoms with Crippen LogP contribution in [-0.4, -0.2) is 34.0 Å². The van der Waals surface area contributed by atoms with Gasteiger partial charge >= 0.3 is 0 Å². The van der Waals surface area contributed by atoms with Crippen LogP contribution in [0.25, 0.3) is 10.2 Å². The highest BCUT2D eigenvalue weighted by Crippen LogP contribution is 2.32. The van der Waals surface area contributed by atoms with Crippen LogP contribution in [-0.2, 0) is 4.79 Å². The van der Waals surface area contributed by atoms with E-state index in [-0.39, 0.29) is 11.7 Å². The SMILES string of the molecule is O=C(CSc1nc2ccc(N=Cc3cc(I)ccc3O)cc2s1)NC1CCCCC1. The maximum Gasteiger partial charge on any atom is 0.230 e. The number of aromatic nitrogens is 1. The summed E-state index contributed by atoms with van der Waals surface area (Å²) in [4.78, 5) is 21.4. The van der Waals surface area contributed by atoms with Gasteiger partial charge in [0, 0.05) is 21.4 Å². The number of benzene rings is 2. The highest BCUT2D eigenvalue weighted by atomic mass is 127. The van der Waals surface area contributed by atoms with Crippen LogP contribution in [0.4, 0.5) is 5.69 Å². The molecule has 0 spiro atoms. The lowest BCUT2D eigenvalue weighted by atomic mass is 9.95. The molecule has 1 saturated carbocycles. The molecule has 3 aromatic rings. The predicted octanol–water partition coefficient (Wildman–Crippen LogP) is 5.90. The number of hydrogen-bond acceptors (Lipinski definition) is 6. The van der Waals surface area contributed by atoms with Crippen LogP contribution >= 0.6 is 45.7 Å². The van der Waals surface area contributed by atoms with Crippen LogP contribution in [0.2, 0.25) is 0 Å². The molecule has 1 aliphatic rings. The average molecular weight is 551 g/mol. The van der Waals surface area contributed by atoms with Gasteiger partial charge in [0.1, 0.15) is 5.75 Å². The van der Waals surface area contributed by atoms with E-state index in [1.807, 2.05) is 30.3 Å². The Labute approximate surface area is 197 Å². The van der Waals surface area contributed by atoms with E-state index in [4.69, 9.17) is 0 Å². The van der Waals surface area contributed by atoms with Gasteiger partial charge in [-0.3, -0.25) is 9.79 Å². The van der Waals surface area contributed by atoms with Gasteiger partial charge in [-0.15, -0.1) is 11.3 Å². The highest BCUT2D eigenvalue weighted by molar-refractivity contribution is 14.1. The molecule has 2 N–H and O–H groups in total. The fraction of sp³-hybridized carbons (Fsp3) is 0.318. The first kappa shape index (κ1) is 21.6. The van der Waals surface area contributed by atoms with Gasteiger partial charge in [0.05, 0.1) is 21.7 Å². The van der Waals surface area contributed by atoms with Crippen LogP contribution < -0.4 is 5.32 Å². The van der Waals surface area contributed by atoms with E-state index in [0.29, 0.717) is 17.4 Å². The lowest BCUT2D eigenvalue weighted by molar-refractivity contribution is -0.119. The molecule has 1 amide bonds. The summed E-state index contributed by atoms with van der Waals surface area (Å²) in [5, 5.41) is 13.1. The lowest BCUT2D eigenvalue weighted by Gasteiger charge is -2.22. The molecule has 8 heteroatoms. The van der Waals surface area contributed by atoms with Crippen molar-refractivity contribution < 1.29 is 9.90 Å². The van der Waals surface area contributed by atoms with E-state index in [1.54, 1.807) is 23.6 Å². The third-order valence-electron chi connectivity index (χ3n) is 4.99. The number of halogens is 1. The van der Waals surface area contributed by atoms with Crippen molar-refractivity contribution in [2.45, 2.75) is 42.5 Å². The lowest BCUT2D eigenvalue weighted by Crippen LogP contribution is -2.37. The molecule has 0 atom stereocenters. The molecule has 1 aliphatic carbocycles. The molecule has 0 aliphatic heterocycles. The third-order valence-corrected chi connectivity index (χ3v) is 7.82. The Balaban J connectivity index is 1.39.